The summed E-state index contributed by atoms with van der Waals surface area (Å²) in [6, 6.07) is 10.3. The Morgan fingerprint density at radius 3 is 2.60 bits per heavy atom. The van der Waals surface area contributed by atoms with Crippen LogP contribution in [0.25, 0.3) is 6.08 Å². The number of rotatable bonds is 6. The van der Waals surface area contributed by atoms with E-state index in [2.05, 4.69) is 24.3 Å². The molecule has 1 heteroatoms. The van der Waals surface area contributed by atoms with E-state index in [0.29, 0.717) is 5.78 Å². The molecular weight excluding hydrogens is 184 g/mol. The molecule has 0 N–H and O–H groups in total. The van der Waals surface area contributed by atoms with E-state index in [4.69, 9.17) is 0 Å². The minimum absolute atomic E-state index is 0.294. The zero-order chi connectivity index (χ0) is 10.9. The van der Waals surface area contributed by atoms with Gasteiger partial charge in [0.25, 0.3) is 0 Å². The van der Waals surface area contributed by atoms with E-state index >= 15 is 0 Å². The van der Waals surface area contributed by atoms with Gasteiger partial charge >= 0.3 is 0 Å². The predicted molar refractivity (Wildman–Crippen MR) is 64.6 cm³/mol. The number of benzene rings is 1. The monoisotopic (exact) mass is 202 g/mol. The van der Waals surface area contributed by atoms with E-state index < -0.39 is 0 Å². The van der Waals surface area contributed by atoms with Gasteiger partial charge in [0.1, 0.15) is 5.78 Å². The average Bonchev–Trinajstić information content (AvgIpc) is 2.24. The summed E-state index contributed by atoms with van der Waals surface area (Å²) >= 11 is 0. The van der Waals surface area contributed by atoms with Crippen LogP contribution in [-0.2, 0) is 4.79 Å². The van der Waals surface area contributed by atoms with Gasteiger partial charge in [-0.25, -0.2) is 0 Å². The Balaban J connectivity index is 2.15. The minimum atomic E-state index is 0.294. The van der Waals surface area contributed by atoms with Crippen LogP contribution in [0.4, 0.5) is 0 Å². The number of carbonyl (C=O) groups excluding carboxylic acids is 1. The number of Topliss-reactive ketones (excluding diaryl/α,β-unsaturated/α-hetero) is 1. The van der Waals surface area contributed by atoms with Gasteiger partial charge < -0.3 is 4.79 Å². The SMILES string of the molecule is CC(=O)CCCCC=Cc1ccccc1. The molecule has 0 saturated carbocycles. The van der Waals surface area contributed by atoms with Crippen molar-refractivity contribution in [1.82, 2.24) is 0 Å². The van der Waals surface area contributed by atoms with Gasteiger partial charge in [-0.2, -0.15) is 0 Å². The molecule has 0 amide bonds. The zero-order valence-corrected chi connectivity index (χ0v) is 9.28. The van der Waals surface area contributed by atoms with Crippen molar-refractivity contribution in [3.05, 3.63) is 42.0 Å². The van der Waals surface area contributed by atoms with Crippen molar-refractivity contribution in [2.24, 2.45) is 0 Å². The lowest BCUT2D eigenvalue weighted by Gasteiger charge is -1.94. The van der Waals surface area contributed by atoms with Crippen LogP contribution >= 0.6 is 0 Å². The molecule has 0 heterocycles. The molecule has 0 fully saturated rings. The third-order valence-electron chi connectivity index (χ3n) is 2.26. The summed E-state index contributed by atoms with van der Waals surface area (Å²) in [5.41, 5.74) is 1.24. The molecule has 0 spiro atoms. The van der Waals surface area contributed by atoms with Crippen LogP contribution in [-0.4, -0.2) is 5.78 Å². The van der Waals surface area contributed by atoms with Crippen LogP contribution in [0.5, 0.6) is 0 Å². The number of ketones is 1. The largest absolute Gasteiger partial charge is 0.300 e. The van der Waals surface area contributed by atoms with Gasteiger partial charge in [-0.3, -0.25) is 0 Å². The zero-order valence-electron chi connectivity index (χ0n) is 9.28. The Morgan fingerprint density at radius 2 is 1.93 bits per heavy atom. The molecule has 1 aromatic rings. The van der Waals surface area contributed by atoms with Gasteiger partial charge in [-0.15, -0.1) is 0 Å². The van der Waals surface area contributed by atoms with Gasteiger partial charge in [0.2, 0.25) is 0 Å². The minimum Gasteiger partial charge on any atom is -0.300 e. The molecule has 0 radical (unpaired) electrons. The van der Waals surface area contributed by atoms with E-state index in [-0.39, 0.29) is 0 Å². The van der Waals surface area contributed by atoms with E-state index in [0.717, 1.165) is 25.7 Å². The lowest BCUT2D eigenvalue weighted by Crippen LogP contribution is -1.88. The highest BCUT2D eigenvalue weighted by atomic mass is 16.1. The lowest BCUT2D eigenvalue weighted by atomic mass is 10.1. The first kappa shape index (κ1) is 11.7. The second-order valence-corrected chi connectivity index (χ2v) is 3.76. The normalized spacial score (nSPS) is 10.7. The Kier molecular flexibility index (Phi) is 5.46. The Labute approximate surface area is 91.8 Å². The van der Waals surface area contributed by atoms with Crippen molar-refractivity contribution in [3.63, 3.8) is 0 Å². The van der Waals surface area contributed by atoms with Crippen LogP contribution in [0.1, 0.15) is 38.2 Å². The molecule has 80 valence electrons. The highest BCUT2D eigenvalue weighted by molar-refractivity contribution is 5.75. The quantitative estimate of drug-likeness (QED) is 0.640. The van der Waals surface area contributed by atoms with Crippen molar-refractivity contribution in [3.8, 4) is 0 Å². The molecule has 0 atom stereocenters. The Hall–Kier alpha value is -1.37. The molecule has 0 aliphatic rings. The van der Waals surface area contributed by atoms with Crippen molar-refractivity contribution in [2.45, 2.75) is 32.6 Å². The molecule has 0 aliphatic carbocycles. The molecule has 1 rings (SSSR count). The first-order valence-corrected chi connectivity index (χ1v) is 5.50. The van der Waals surface area contributed by atoms with Gasteiger partial charge in [0.15, 0.2) is 0 Å². The van der Waals surface area contributed by atoms with Crippen LogP contribution < -0.4 is 0 Å². The number of carbonyl (C=O) groups is 1. The fraction of sp³-hybridized carbons (Fsp3) is 0.357. The van der Waals surface area contributed by atoms with Gasteiger partial charge in [0.05, 0.1) is 0 Å². The standard InChI is InChI=1S/C14H18O/c1-13(15)9-5-2-3-6-10-14-11-7-4-8-12-14/h4,6-8,10-12H,2-3,5,9H2,1H3. The second-order valence-electron chi connectivity index (χ2n) is 3.76. The molecule has 0 aliphatic heterocycles. The third-order valence-corrected chi connectivity index (χ3v) is 2.26. The Morgan fingerprint density at radius 1 is 1.20 bits per heavy atom. The van der Waals surface area contributed by atoms with Crippen LogP contribution in [0.15, 0.2) is 36.4 Å². The molecule has 0 unspecified atom stereocenters. The summed E-state index contributed by atoms with van der Waals surface area (Å²) in [5.74, 6) is 0.294. The first-order valence-electron chi connectivity index (χ1n) is 5.50. The highest BCUT2D eigenvalue weighted by Crippen LogP contribution is 2.05. The summed E-state index contributed by atoms with van der Waals surface area (Å²) in [5, 5.41) is 0. The van der Waals surface area contributed by atoms with Crippen molar-refractivity contribution in [1.29, 1.82) is 0 Å². The van der Waals surface area contributed by atoms with Crippen molar-refractivity contribution in [2.75, 3.05) is 0 Å². The molecule has 15 heavy (non-hydrogen) atoms. The van der Waals surface area contributed by atoms with Gasteiger partial charge in [0, 0.05) is 6.42 Å². The lowest BCUT2D eigenvalue weighted by molar-refractivity contribution is -0.117. The molecule has 0 aromatic heterocycles. The maximum Gasteiger partial charge on any atom is 0.129 e. The molecule has 1 aromatic carbocycles. The fourth-order valence-corrected chi connectivity index (χ4v) is 1.42. The smallest absolute Gasteiger partial charge is 0.129 e. The Bertz CT molecular complexity index is 311. The fourth-order valence-electron chi connectivity index (χ4n) is 1.42. The summed E-state index contributed by atoms with van der Waals surface area (Å²) < 4.78 is 0. The molecular formula is C14H18O. The first-order chi connectivity index (χ1) is 7.29. The van der Waals surface area contributed by atoms with Gasteiger partial charge in [-0.1, -0.05) is 42.5 Å². The van der Waals surface area contributed by atoms with E-state index in [1.165, 1.54) is 5.56 Å². The number of hydrogen-bond acceptors (Lipinski definition) is 1. The predicted octanol–water partition coefficient (Wildman–Crippen LogP) is 3.85. The number of hydrogen-bond donors (Lipinski definition) is 0. The highest BCUT2D eigenvalue weighted by Gasteiger charge is 1.91. The summed E-state index contributed by atoms with van der Waals surface area (Å²) in [4.78, 5) is 10.7. The summed E-state index contributed by atoms with van der Waals surface area (Å²) in [6.07, 6.45) is 8.20. The number of allylic oxidation sites excluding steroid dienone is 1. The summed E-state index contributed by atoms with van der Waals surface area (Å²) in [7, 11) is 0. The second kappa shape index (κ2) is 6.99. The van der Waals surface area contributed by atoms with Crippen LogP contribution in [0.2, 0.25) is 0 Å². The molecule has 0 bridgehead atoms. The van der Waals surface area contributed by atoms with Crippen LogP contribution in [0.3, 0.4) is 0 Å². The van der Waals surface area contributed by atoms with Gasteiger partial charge in [-0.05, 0) is 31.7 Å². The van der Waals surface area contributed by atoms with Crippen molar-refractivity contribution < 1.29 is 4.79 Å². The third kappa shape index (κ3) is 5.84. The van der Waals surface area contributed by atoms with Crippen LogP contribution in [0, 0.1) is 0 Å². The topological polar surface area (TPSA) is 17.1 Å². The number of unbranched alkanes of at least 4 members (excludes halogenated alkanes) is 2. The molecule has 0 saturated heterocycles. The molecule has 1 nitrogen and oxygen atoms in total. The summed E-state index contributed by atoms with van der Waals surface area (Å²) in [6.45, 7) is 1.65. The average molecular weight is 202 g/mol. The van der Waals surface area contributed by atoms with E-state index in [1.54, 1.807) is 6.92 Å². The van der Waals surface area contributed by atoms with E-state index in [9.17, 15) is 4.79 Å². The van der Waals surface area contributed by atoms with Crippen molar-refractivity contribution >= 4 is 11.9 Å². The maximum atomic E-state index is 10.7. The van der Waals surface area contributed by atoms with E-state index in [1.807, 2.05) is 18.2 Å². The maximum absolute atomic E-state index is 10.7.